The van der Waals surface area contributed by atoms with Crippen molar-refractivity contribution in [3.8, 4) is 0 Å². The van der Waals surface area contributed by atoms with Gasteiger partial charge in [-0.1, -0.05) is 25.0 Å². The lowest BCUT2D eigenvalue weighted by Gasteiger charge is -2.19. The molecule has 1 saturated carbocycles. The zero-order valence-electron chi connectivity index (χ0n) is 15.6. The molecule has 0 radical (unpaired) electrons. The van der Waals surface area contributed by atoms with E-state index in [1.807, 2.05) is 32.0 Å². The molecule has 1 aromatic rings. The SMILES string of the molecule is Cc1ccc(C)c(NC(=O)COC(=O)CN2C(=O)[C@H]3CCCC[C@H]3C2=O)c1. The Morgan fingerprint density at radius 3 is 2.37 bits per heavy atom. The van der Waals surface area contributed by atoms with E-state index in [1.165, 1.54) is 0 Å². The van der Waals surface area contributed by atoms with E-state index in [4.69, 9.17) is 4.74 Å². The monoisotopic (exact) mass is 372 g/mol. The number of esters is 1. The second kappa shape index (κ2) is 7.90. The maximum atomic E-state index is 12.4. The van der Waals surface area contributed by atoms with Crippen molar-refractivity contribution in [3.63, 3.8) is 0 Å². The van der Waals surface area contributed by atoms with Gasteiger partial charge in [-0.15, -0.1) is 0 Å². The molecule has 1 saturated heterocycles. The summed E-state index contributed by atoms with van der Waals surface area (Å²) in [4.78, 5) is 49.7. The van der Waals surface area contributed by atoms with E-state index in [0.717, 1.165) is 28.9 Å². The van der Waals surface area contributed by atoms with Crippen molar-refractivity contribution in [1.82, 2.24) is 4.90 Å². The fourth-order valence-corrected chi connectivity index (χ4v) is 3.76. The Balaban J connectivity index is 1.51. The van der Waals surface area contributed by atoms with Crippen LogP contribution in [-0.4, -0.2) is 41.7 Å². The van der Waals surface area contributed by atoms with Crippen LogP contribution in [-0.2, 0) is 23.9 Å². The highest BCUT2D eigenvalue weighted by molar-refractivity contribution is 6.07. The number of ether oxygens (including phenoxy) is 1. The van der Waals surface area contributed by atoms with Crippen molar-refractivity contribution in [3.05, 3.63) is 29.3 Å². The maximum absolute atomic E-state index is 12.4. The molecule has 7 nitrogen and oxygen atoms in total. The van der Waals surface area contributed by atoms with E-state index >= 15 is 0 Å². The number of benzene rings is 1. The molecule has 3 amide bonds. The van der Waals surface area contributed by atoms with E-state index in [0.29, 0.717) is 18.5 Å². The molecule has 1 aliphatic heterocycles. The van der Waals surface area contributed by atoms with Crippen LogP contribution in [0.15, 0.2) is 18.2 Å². The average Bonchev–Trinajstić information content (AvgIpc) is 2.88. The van der Waals surface area contributed by atoms with Crippen molar-refractivity contribution >= 4 is 29.4 Å². The number of imide groups is 1. The van der Waals surface area contributed by atoms with Crippen molar-refractivity contribution < 1.29 is 23.9 Å². The van der Waals surface area contributed by atoms with Gasteiger partial charge in [0.15, 0.2) is 6.61 Å². The van der Waals surface area contributed by atoms with Crippen LogP contribution in [0, 0.1) is 25.7 Å². The summed E-state index contributed by atoms with van der Waals surface area (Å²) in [5.74, 6) is -2.41. The summed E-state index contributed by atoms with van der Waals surface area (Å²) < 4.78 is 4.96. The molecule has 0 spiro atoms. The lowest BCUT2D eigenvalue weighted by molar-refractivity contribution is -0.154. The molecule has 2 atom stereocenters. The summed E-state index contributed by atoms with van der Waals surface area (Å²) in [7, 11) is 0. The number of fused-ring (bicyclic) bond motifs is 1. The molecule has 1 aliphatic carbocycles. The number of rotatable bonds is 5. The van der Waals surface area contributed by atoms with Crippen molar-refractivity contribution in [2.24, 2.45) is 11.8 Å². The highest BCUT2D eigenvalue weighted by Gasteiger charge is 2.48. The molecule has 27 heavy (non-hydrogen) atoms. The quantitative estimate of drug-likeness (QED) is 0.630. The first-order valence-corrected chi connectivity index (χ1v) is 9.25. The summed E-state index contributed by atoms with van der Waals surface area (Å²) in [6, 6.07) is 5.66. The number of hydrogen-bond acceptors (Lipinski definition) is 5. The van der Waals surface area contributed by atoms with Crippen LogP contribution in [0.3, 0.4) is 0 Å². The third-order valence-electron chi connectivity index (χ3n) is 5.25. The zero-order valence-corrected chi connectivity index (χ0v) is 15.6. The van der Waals surface area contributed by atoms with Gasteiger partial charge in [0, 0.05) is 5.69 Å². The molecule has 7 heteroatoms. The van der Waals surface area contributed by atoms with E-state index in [2.05, 4.69) is 5.32 Å². The molecule has 1 heterocycles. The average molecular weight is 372 g/mol. The molecular formula is C20H24N2O5. The summed E-state index contributed by atoms with van der Waals surface area (Å²) in [5, 5.41) is 2.69. The molecule has 0 unspecified atom stereocenters. The number of likely N-dealkylation sites (tertiary alicyclic amines) is 1. The third-order valence-corrected chi connectivity index (χ3v) is 5.25. The number of nitrogens with zero attached hydrogens (tertiary/aromatic N) is 1. The highest BCUT2D eigenvalue weighted by Crippen LogP contribution is 2.37. The van der Waals surface area contributed by atoms with Crippen LogP contribution in [0.4, 0.5) is 5.69 Å². The summed E-state index contributed by atoms with van der Waals surface area (Å²) in [5.41, 5.74) is 2.56. The smallest absolute Gasteiger partial charge is 0.326 e. The van der Waals surface area contributed by atoms with Gasteiger partial charge in [-0.25, -0.2) is 0 Å². The van der Waals surface area contributed by atoms with Crippen LogP contribution < -0.4 is 5.32 Å². The fourth-order valence-electron chi connectivity index (χ4n) is 3.76. The molecule has 1 aromatic carbocycles. The first-order chi connectivity index (χ1) is 12.9. The molecule has 3 rings (SSSR count). The molecule has 144 valence electrons. The van der Waals surface area contributed by atoms with Crippen LogP contribution in [0.2, 0.25) is 0 Å². The lowest BCUT2D eigenvalue weighted by Crippen LogP contribution is -2.37. The van der Waals surface area contributed by atoms with Crippen molar-refractivity contribution in [2.45, 2.75) is 39.5 Å². The van der Waals surface area contributed by atoms with Gasteiger partial charge in [0.25, 0.3) is 5.91 Å². The maximum Gasteiger partial charge on any atom is 0.326 e. The first kappa shape index (κ1) is 19.1. The molecule has 2 aliphatic rings. The van der Waals surface area contributed by atoms with E-state index in [-0.39, 0.29) is 23.7 Å². The number of amides is 3. The van der Waals surface area contributed by atoms with Gasteiger partial charge in [-0.05, 0) is 43.9 Å². The topological polar surface area (TPSA) is 92.8 Å². The number of carbonyl (C=O) groups excluding carboxylic acids is 4. The van der Waals surface area contributed by atoms with Gasteiger partial charge in [0.1, 0.15) is 6.54 Å². The number of hydrogen-bond donors (Lipinski definition) is 1. The predicted octanol–water partition coefficient (Wildman–Crippen LogP) is 1.96. The zero-order chi connectivity index (χ0) is 19.6. The van der Waals surface area contributed by atoms with Gasteiger partial charge >= 0.3 is 5.97 Å². The van der Waals surface area contributed by atoms with Gasteiger partial charge in [-0.2, -0.15) is 0 Å². The first-order valence-electron chi connectivity index (χ1n) is 9.25. The molecule has 0 bridgehead atoms. The van der Waals surface area contributed by atoms with Gasteiger partial charge in [0.05, 0.1) is 11.8 Å². The van der Waals surface area contributed by atoms with Crippen LogP contribution in [0.5, 0.6) is 0 Å². The molecule has 0 aromatic heterocycles. The molecule has 1 N–H and O–H groups in total. The normalized spacial score (nSPS) is 21.8. The molecule has 2 fully saturated rings. The Morgan fingerprint density at radius 2 is 1.74 bits per heavy atom. The third kappa shape index (κ3) is 4.18. The minimum atomic E-state index is -0.758. The second-order valence-corrected chi connectivity index (χ2v) is 7.29. The Hall–Kier alpha value is -2.70. The fraction of sp³-hybridized carbons (Fsp3) is 0.500. The summed E-state index contributed by atoms with van der Waals surface area (Å²) in [6.45, 7) is 2.89. The minimum Gasteiger partial charge on any atom is -0.454 e. The summed E-state index contributed by atoms with van der Waals surface area (Å²) in [6.07, 6.45) is 3.24. The minimum absolute atomic E-state index is 0.290. The van der Waals surface area contributed by atoms with E-state index < -0.39 is 25.0 Å². The Labute approximate surface area is 158 Å². The van der Waals surface area contributed by atoms with Gasteiger partial charge in [0.2, 0.25) is 11.8 Å². The van der Waals surface area contributed by atoms with Crippen LogP contribution in [0.1, 0.15) is 36.8 Å². The Morgan fingerprint density at radius 1 is 1.11 bits per heavy atom. The van der Waals surface area contributed by atoms with E-state index in [1.54, 1.807) is 0 Å². The van der Waals surface area contributed by atoms with Crippen molar-refractivity contribution in [1.29, 1.82) is 0 Å². The van der Waals surface area contributed by atoms with Crippen LogP contribution >= 0.6 is 0 Å². The highest BCUT2D eigenvalue weighted by atomic mass is 16.5. The van der Waals surface area contributed by atoms with Gasteiger partial charge in [-0.3, -0.25) is 24.1 Å². The standard InChI is InChI=1S/C20H24N2O5/c1-12-7-8-13(2)16(9-12)21-17(23)11-27-18(24)10-22-19(25)14-5-3-4-6-15(14)20(22)26/h7-9,14-15H,3-6,10-11H2,1-2H3,(H,21,23)/t14-,15+. The number of aryl methyl sites for hydroxylation is 2. The number of anilines is 1. The van der Waals surface area contributed by atoms with E-state index in [9.17, 15) is 19.2 Å². The number of carbonyl (C=O) groups is 4. The molecular weight excluding hydrogens is 348 g/mol. The summed E-state index contributed by atoms with van der Waals surface area (Å²) >= 11 is 0. The predicted molar refractivity (Wildman–Crippen MR) is 97.7 cm³/mol. The lowest BCUT2D eigenvalue weighted by atomic mass is 9.81. The Bertz CT molecular complexity index is 765. The van der Waals surface area contributed by atoms with Crippen molar-refractivity contribution in [2.75, 3.05) is 18.5 Å². The largest absolute Gasteiger partial charge is 0.454 e. The Kier molecular flexibility index (Phi) is 5.58. The van der Waals surface area contributed by atoms with Gasteiger partial charge < -0.3 is 10.1 Å². The second-order valence-electron chi connectivity index (χ2n) is 7.29. The van der Waals surface area contributed by atoms with Crippen LogP contribution in [0.25, 0.3) is 0 Å². The number of nitrogens with one attached hydrogen (secondary N) is 1.